The van der Waals surface area contributed by atoms with Gasteiger partial charge in [-0.15, -0.1) is 11.3 Å². The Morgan fingerprint density at radius 3 is 3.16 bits per heavy atom. The third-order valence-corrected chi connectivity index (χ3v) is 4.38. The summed E-state index contributed by atoms with van der Waals surface area (Å²) in [6.45, 7) is 0.832. The number of fused-ring (bicyclic) bond motifs is 1. The highest BCUT2D eigenvalue weighted by atomic mass is 32.1. The maximum Gasteiger partial charge on any atom is 0.333 e. The highest BCUT2D eigenvalue weighted by Crippen LogP contribution is 2.32. The zero-order valence-corrected chi connectivity index (χ0v) is 11.4. The zero-order valence-electron chi connectivity index (χ0n) is 10.6. The van der Waals surface area contributed by atoms with Gasteiger partial charge in [0.1, 0.15) is 0 Å². The molecule has 0 N–H and O–H groups in total. The molecule has 0 spiro atoms. The molecule has 19 heavy (non-hydrogen) atoms. The van der Waals surface area contributed by atoms with Crippen molar-refractivity contribution in [3.05, 3.63) is 45.7 Å². The minimum absolute atomic E-state index is 0.215. The van der Waals surface area contributed by atoms with Gasteiger partial charge >= 0.3 is 5.97 Å². The highest BCUT2D eigenvalue weighted by molar-refractivity contribution is 7.12. The Kier molecular flexibility index (Phi) is 3.21. The number of ether oxygens (including phenoxy) is 1. The van der Waals surface area contributed by atoms with Crippen LogP contribution in [0.25, 0.3) is 6.08 Å². The quantitative estimate of drug-likeness (QED) is 0.808. The molecule has 98 valence electrons. The molecule has 2 aromatic heterocycles. The molecule has 2 aromatic rings. The maximum atomic E-state index is 11.5. The molecule has 0 bridgehead atoms. The normalized spacial score (nSPS) is 13.8. The van der Waals surface area contributed by atoms with Crippen LogP contribution in [0.4, 0.5) is 0 Å². The summed E-state index contributed by atoms with van der Waals surface area (Å²) in [5.74, 6) is -0.215. The molecule has 3 rings (SSSR count). The lowest BCUT2D eigenvalue weighted by molar-refractivity contribution is -0.136. The van der Waals surface area contributed by atoms with Crippen molar-refractivity contribution >= 4 is 23.4 Å². The Labute approximate surface area is 115 Å². The lowest BCUT2D eigenvalue weighted by Crippen LogP contribution is -2.08. The van der Waals surface area contributed by atoms with E-state index < -0.39 is 0 Å². The Balaban J connectivity index is 1.84. The SMILES string of the molecule is COC(=O)C1=Cc2cc(Cn3ccnc3)sc2CC1. The van der Waals surface area contributed by atoms with Crippen LogP contribution in [-0.2, 0) is 22.5 Å². The number of carbonyl (C=O) groups excluding carboxylic acids is 1. The maximum absolute atomic E-state index is 11.5. The molecular formula is C14H14N2O2S. The fourth-order valence-corrected chi connectivity index (χ4v) is 3.41. The fourth-order valence-electron chi connectivity index (χ4n) is 2.26. The van der Waals surface area contributed by atoms with Gasteiger partial charge in [-0.3, -0.25) is 0 Å². The van der Waals surface area contributed by atoms with E-state index in [2.05, 4.69) is 11.1 Å². The summed E-state index contributed by atoms with van der Waals surface area (Å²) in [6.07, 6.45) is 9.19. The summed E-state index contributed by atoms with van der Waals surface area (Å²) < 4.78 is 6.82. The van der Waals surface area contributed by atoms with E-state index in [0.717, 1.165) is 30.5 Å². The van der Waals surface area contributed by atoms with Crippen LogP contribution in [0.3, 0.4) is 0 Å². The van der Waals surface area contributed by atoms with Crippen molar-refractivity contribution in [2.24, 2.45) is 0 Å². The average molecular weight is 274 g/mol. The van der Waals surface area contributed by atoms with Crippen LogP contribution < -0.4 is 0 Å². The molecule has 0 unspecified atom stereocenters. The van der Waals surface area contributed by atoms with Crippen molar-refractivity contribution in [1.82, 2.24) is 9.55 Å². The van der Waals surface area contributed by atoms with Gasteiger partial charge in [0, 0.05) is 27.7 Å². The predicted molar refractivity (Wildman–Crippen MR) is 74.0 cm³/mol. The molecule has 2 heterocycles. The molecule has 0 amide bonds. The van der Waals surface area contributed by atoms with Gasteiger partial charge in [-0.25, -0.2) is 9.78 Å². The van der Waals surface area contributed by atoms with Gasteiger partial charge in [-0.05, 0) is 30.5 Å². The van der Waals surface area contributed by atoms with Gasteiger partial charge in [-0.1, -0.05) is 0 Å². The first-order valence-corrected chi connectivity index (χ1v) is 6.94. The van der Waals surface area contributed by atoms with E-state index in [1.54, 1.807) is 6.20 Å². The summed E-state index contributed by atoms with van der Waals surface area (Å²) >= 11 is 1.81. The van der Waals surface area contributed by atoms with Crippen LogP contribution >= 0.6 is 11.3 Å². The van der Waals surface area contributed by atoms with Crippen molar-refractivity contribution < 1.29 is 9.53 Å². The average Bonchev–Trinajstić information content (AvgIpc) is 3.05. The van der Waals surface area contributed by atoms with E-state index >= 15 is 0 Å². The molecular weight excluding hydrogens is 260 g/mol. The van der Waals surface area contributed by atoms with Gasteiger partial charge in [0.25, 0.3) is 0 Å². The van der Waals surface area contributed by atoms with Gasteiger partial charge in [0.05, 0.1) is 20.0 Å². The fraction of sp³-hybridized carbons (Fsp3) is 0.286. The van der Waals surface area contributed by atoms with Gasteiger partial charge in [-0.2, -0.15) is 0 Å². The smallest absolute Gasteiger partial charge is 0.333 e. The minimum atomic E-state index is -0.215. The number of aryl methyl sites for hydroxylation is 1. The van der Waals surface area contributed by atoms with Crippen LogP contribution in [0.15, 0.2) is 30.4 Å². The Bertz CT molecular complexity index is 626. The molecule has 0 fully saturated rings. The Hall–Kier alpha value is -1.88. The number of rotatable bonds is 3. The first kappa shape index (κ1) is 12.2. The number of hydrogen-bond acceptors (Lipinski definition) is 4. The second-order valence-electron chi connectivity index (χ2n) is 4.49. The van der Waals surface area contributed by atoms with E-state index in [4.69, 9.17) is 4.74 Å². The van der Waals surface area contributed by atoms with Crippen LogP contribution in [0.2, 0.25) is 0 Å². The van der Waals surface area contributed by atoms with Gasteiger partial charge < -0.3 is 9.30 Å². The lowest BCUT2D eigenvalue weighted by Gasteiger charge is -2.10. The second kappa shape index (κ2) is 5.01. The van der Waals surface area contributed by atoms with Gasteiger partial charge in [0.15, 0.2) is 0 Å². The lowest BCUT2D eigenvalue weighted by atomic mass is 9.99. The van der Waals surface area contributed by atoms with E-state index in [9.17, 15) is 4.79 Å². The van der Waals surface area contributed by atoms with Crippen LogP contribution in [0.1, 0.15) is 21.7 Å². The third-order valence-electron chi connectivity index (χ3n) is 3.19. The summed E-state index contributed by atoms with van der Waals surface area (Å²) in [4.78, 5) is 18.2. The summed E-state index contributed by atoms with van der Waals surface area (Å²) in [5.41, 5.74) is 1.92. The van der Waals surface area contributed by atoms with Crippen molar-refractivity contribution in [3.63, 3.8) is 0 Å². The molecule has 0 aliphatic heterocycles. The number of nitrogens with zero attached hydrogens (tertiary/aromatic N) is 2. The molecule has 4 nitrogen and oxygen atoms in total. The molecule has 5 heteroatoms. The van der Waals surface area contributed by atoms with Crippen molar-refractivity contribution in [2.45, 2.75) is 19.4 Å². The number of carbonyl (C=O) groups is 1. The first-order chi connectivity index (χ1) is 9.26. The number of hydrogen-bond donors (Lipinski definition) is 0. The van der Waals surface area contributed by atoms with Crippen molar-refractivity contribution in [2.75, 3.05) is 7.11 Å². The van der Waals surface area contributed by atoms with Crippen molar-refractivity contribution in [3.8, 4) is 0 Å². The molecule has 0 saturated carbocycles. The van der Waals surface area contributed by atoms with E-state index in [-0.39, 0.29) is 5.97 Å². The molecule has 0 saturated heterocycles. The predicted octanol–water partition coefficient (Wildman–Crippen LogP) is 2.50. The first-order valence-electron chi connectivity index (χ1n) is 6.12. The number of imidazole rings is 1. The minimum Gasteiger partial charge on any atom is -0.466 e. The summed E-state index contributed by atoms with van der Waals surface area (Å²) in [6, 6.07) is 2.15. The molecule has 1 aliphatic carbocycles. The van der Waals surface area contributed by atoms with Crippen LogP contribution in [0.5, 0.6) is 0 Å². The third kappa shape index (κ3) is 2.46. The molecule has 1 aliphatic rings. The topological polar surface area (TPSA) is 44.1 Å². The van der Waals surface area contributed by atoms with Crippen LogP contribution in [0, 0.1) is 0 Å². The number of methoxy groups -OCH3 is 1. The van der Waals surface area contributed by atoms with E-state index in [1.807, 2.05) is 34.5 Å². The highest BCUT2D eigenvalue weighted by Gasteiger charge is 2.18. The van der Waals surface area contributed by atoms with Gasteiger partial charge in [0.2, 0.25) is 0 Å². The largest absolute Gasteiger partial charge is 0.466 e. The monoisotopic (exact) mass is 274 g/mol. The summed E-state index contributed by atoms with van der Waals surface area (Å²) in [5, 5.41) is 0. The molecule has 0 atom stereocenters. The second-order valence-corrected chi connectivity index (χ2v) is 5.71. The van der Waals surface area contributed by atoms with Crippen LogP contribution in [-0.4, -0.2) is 22.6 Å². The van der Waals surface area contributed by atoms with E-state index in [0.29, 0.717) is 0 Å². The number of thiophene rings is 1. The van der Waals surface area contributed by atoms with Crippen molar-refractivity contribution in [1.29, 1.82) is 0 Å². The molecule has 0 aromatic carbocycles. The Morgan fingerprint density at radius 2 is 2.42 bits per heavy atom. The Morgan fingerprint density at radius 1 is 1.53 bits per heavy atom. The molecule has 0 radical (unpaired) electrons. The zero-order chi connectivity index (χ0) is 13.2. The summed E-state index contributed by atoms with van der Waals surface area (Å²) in [7, 11) is 1.43. The number of aromatic nitrogens is 2. The standard InChI is InChI=1S/C14H14N2O2S/c1-18-14(17)10-2-3-13-11(6-10)7-12(19-13)8-16-5-4-15-9-16/h4-7,9H,2-3,8H2,1H3. The van der Waals surface area contributed by atoms with E-state index in [1.165, 1.54) is 16.9 Å². The number of esters is 1.